The van der Waals surface area contributed by atoms with E-state index in [9.17, 15) is 5.21 Å². The highest BCUT2D eigenvalue weighted by Gasteiger charge is 2.31. The monoisotopic (exact) mass is 263 g/mol. The minimum Gasteiger partial charge on any atom is -0.289 e. The number of nitrogens with zero attached hydrogens (tertiary/aromatic N) is 2. The molecular formula is C16H27N2O+. The van der Waals surface area contributed by atoms with Crippen molar-refractivity contribution in [1.29, 1.82) is 0 Å². The molecule has 1 N–H and O–H groups in total. The van der Waals surface area contributed by atoms with Crippen LogP contribution in [-0.2, 0) is 6.54 Å². The summed E-state index contributed by atoms with van der Waals surface area (Å²) in [5.41, 5.74) is 2.13. The predicted octanol–water partition coefficient (Wildman–Crippen LogP) is 3.82. The van der Waals surface area contributed by atoms with Gasteiger partial charge in [-0.1, -0.05) is 12.1 Å². The van der Waals surface area contributed by atoms with Gasteiger partial charge in [-0.25, -0.2) is 0 Å². The van der Waals surface area contributed by atoms with Gasteiger partial charge in [0.15, 0.2) is 6.72 Å². The predicted molar refractivity (Wildman–Crippen MR) is 80.3 cm³/mol. The quantitative estimate of drug-likeness (QED) is 0.388. The Balaban J connectivity index is 2.95. The second kappa shape index (κ2) is 5.33. The highest BCUT2D eigenvalue weighted by Crippen LogP contribution is 2.27. The van der Waals surface area contributed by atoms with Gasteiger partial charge in [-0.2, -0.15) is 0 Å². The Morgan fingerprint density at radius 1 is 1.00 bits per heavy atom. The van der Waals surface area contributed by atoms with Gasteiger partial charge in [-0.15, -0.1) is 0 Å². The van der Waals surface area contributed by atoms with E-state index in [0.29, 0.717) is 5.69 Å². The molecule has 0 radical (unpaired) electrons. The van der Waals surface area contributed by atoms with E-state index in [-0.39, 0.29) is 11.1 Å². The fraction of sp³-hybridized carbons (Fsp3) is 0.562. The van der Waals surface area contributed by atoms with Crippen molar-refractivity contribution in [2.75, 3.05) is 0 Å². The first kappa shape index (κ1) is 15.7. The van der Waals surface area contributed by atoms with Crippen molar-refractivity contribution in [2.24, 2.45) is 0 Å². The Morgan fingerprint density at radius 2 is 1.42 bits per heavy atom. The van der Waals surface area contributed by atoms with Crippen LogP contribution in [0.3, 0.4) is 0 Å². The summed E-state index contributed by atoms with van der Waals surface area (Å²) in [5.74, 6) is 0. The van der Waals surface area contributed by atoms with Gasteiger partial charge < -0.3 is 0 Å². The lowest BCUT2D eigenvalue weighted by molar-refractivity contribution is -0.706. The number of rotatable bonds is 3. The molecule has 19 heavy (non-hydrogen) atoms. The van der Waals surface area contributed by atoms with Crippen LogP contribution in [0.2, 0.25) is 0 Å². The molecule has 1 rings (SSSR count). The maximum atomic E-state index is 9.27. The molecule has 0 fully saturated rings. The average Bonchev–Trinajstić information content (AvgIpc) is 2.23. The summed E-state index contributed by atoms with van der Waals surface area (Å²) in [5, 5.41) is 9.27. The lowest BCUT2D eigenvalue weighted by Crippen LogP contribution is -2.51. The highest BCUT2D eigenvalue weighted by atomic mass is 16.5. The summed E-state index contributed by atoms with van der Waals surface area (Å²) in [6, 6.07) is 7.83. The highest BCUT2D eigenvalue weighted by molar-refractivity contribution is 5.35. The minimum atomic E-state index is 0.103. The average molecular weight is 263 g/mol. The van der Waals surface area contributed by atoms with E-state index in [4.69, 9.17) is 0 Å². The van der Waals surface area contributed by atoms with Crippen molar-refractivity contribution in [2.45, 2.75) is 59.2 Å². The molecule has 1 aromatic carbocycles. The molecule has 0 aliphatic rings. The van der Waals surface area contributed by atoms with Crippen LogP contribution in [0.15, 0.2) is 24.3 Å². The Hall–Kier alpha value is -1.35. The number of benzene rings is 1. The van der Waals surface area contributed by atoms with Crippen molar-refractivity contribution in [3.63, 3.8) is 0 Å². The lowest BCUT2D eigenvalue weighted by Gasteiger charge is -2.45. The van der Waals surface area contributed by atoms with Crippen LogP contribution < -0.4 is 0 Å². The van der Waals surface area contributed by atoms with E-state index in [1.54, 1.807) is 0 Å². The van der Waals surface area contributed by atoms with Crippen molar-refractivity contribution in [3.8, 4) is 0 Å². The first-order chi connectivity index (χ1) is 8.51. The van der Waals surface area contributed by atoms with E-state index < -0.39 is 0 Å². The van der Waals surface area contributed by atoms with Crippen LogP contribution in [0.5, 0.6) is 0 Å². The fourth-order valence-electron chi connectivity index (χ4n) is 2.44. The third kappa shape index (κ3) is 4.35. The molecule has 0 saturated carbocycles. The second-order valence-electron chi connectivity index (χ2n) is 6.99. The van der Waals surface area contributed by atoms with Crippen molar-refractivity contribution in [3.05, 3.63) is 29.8 Å². The van der Waals surface area contributed by atoms with E-state index >= 15 is 0 Å². The first-order valence-corrected chi connectivity index (χ1v) is 6.68. The molecule has 0 aliphatic heterocycles. The first-order valence-electron chi connectivity index (χ1n) is 6.68. The Labute approximate surface area is 117 Å². The van der Waals surface area contributed by atoms with Crippen LogP contribution in [0.25, 0.3) is 0 Å². The second-order valence-corrected chi connectivity index (χ2v) is 6.99. The van der Waals surface area contributed by atoms with E-state index in [0.717, 1.165) is 11.3 Å². The normalized spacial score (nSPS) is 12.8. The van der Waals surface area contributed by atoms with Gasteiger partial charge in [-0.05, 0) is 47.1 Å². The van der Waals surface area contributed by atoms with E-state index in [2.05, 4.69) is 53.2 Å². The number of hydrogen-bond donors (Lipinski definition) is 1. The third-order valence-corrected chi connectivity index (χ3v) is 3.19. The molecule has 0 spiro atoms. The summed E-state index contributed by atoms with van der Waals surface area (Å²) in [7, 11) is 0. The molecular weight excluding hydrogens is 236 g/mol. The van der Waals surface area contributed by atoms with Gasteiger partial charge in [0.05, 0.1) is 0 Å². The topological polar surface area (TPSA) is 26.5 Å². The molecule has 0 bridgehead atoms. The van der Waals surface area contributed by atoms with Gasteiger partial charge in [0.2, 0.25) is 0 Å². The smallest absolute Gasteiger partial charge is 0.256 e. The molecule has 0 aromatic heterocycles. The van der Waals surface area contributed by atoms with E-state index in [1.165, 1.54) is 5.56 Å². The molecule has 3 nitrogen and oxygen atoms in total. The SMILES string of the molecule is C=[N+](O)c1ccc(CN(C(C)(C)C)C(C)(C)C)cc1. The van der Waals surface area contributed by atoms with Gasteiger partial charge in [0, 0.05) is 34.5 Å². The van der Waals surface area contributed by atoms with Crippen LogP contribution in [0.4, 0.5) is 5.69 Å². The van der Waals surface area contributed by atoms with Crippen molar-refractivity contribution < 1.29 is 9.95 Å². The zero-order chi connectivity index (χ0) is 14.8. The summed E-state index contributed by atoms with van der Waals surface area (Å²) < 4.78 is 0.884. The van der Waals surface area contributed by atoms with Gasteiger partial charge in [0.25, 0.3) is 5.69 Å². The minimum absolute atomic E-state index is 0.103. The molecule has 0 atom stereocenters. The Bertz CT molecular complexity index is 421. The molecule has 106 valence electrons. The molecule has 0 saturated heterocycles. The maximum Gasteiger partial charge on any atom is 0.256 e. The third-order valence-electron chi connectivity index (χ3n) is 3.19. The zero-order valence-corrected chi connectivity index (χ0v) is 13.1. The largest absolute Gasteiger partial charge is 0.289 e. The van der Waals surface area contributed by atoms with Crippen LogP contribution in [0, 0.1) is 0 Å². The molecule has 3 heteroatoms. The number of hydrogen-bond acceptors (Lipinski definition) is 2. The standard InChI is InChI=1S/C16H27N2O/c1-15(2,3)18(16(4,5)6)12-13-8-10-14(11-9-13)17(7)19/h8-11,19H,7,12H2,1-6H3/q+1. The summed E-state index contributed by atoms with van der Waals surface area (Å²) in [6.07, 6.45) is 0. The Kier molecular flexibility index (Phi) is 4.41. The fourth-order valence-corrected chi connectivity index (χ4v) is 2.44. The Morgan fingerprint density at radius 3 is 1.74 bits per heavy atom. The molecule has 1 aromatic rings. The van der Waals surface area contributed by atoms with E-state index in [1.807, 2.05) is 24.3 Å². The zero-order valence-electron chi connectivity index (χ0n) is 13.1. The van der Waals surface area contributed by atoms with Crippen LogP contribution in [0.1, 0.15) is 47.1 Å². The molecule has 0 heterocycles. The van der Waals surface area contributed by atoms with Crippen molar-refractivity contribution >= 4 is 12.4 Å². The van der Waals surface area contributed by atoms with Crippen LogP contribution >= 0.6 is 0 Å². The van der Waals surface area contributed by atoms with Gasteiger partial charge in [0.1, 0.15) is 0 Å². The van der Waals surface area contributed by atoms with Gasteiger partial charge in [-0.3, -0.25) is 10.1 Å². The lowest BCUT2D eigenvalue weighted by atomic mass is 9.95. The summed E-state index contributed by atoms with van der Waals surface area (Å²) >= 11 is 0. The summed E-state index contributed by atoms with van der Waals surface area (Å²) in [6.45, 7) is 17.7. The summed E-state index contributed by atoms with van der Waals surface area (Å²) in [4.78, 5) is 2.47. The van der Waals surface area contributed by atoms with Gasteiger partial charge >= 0.3 is 0 Å². The van der Waals surface area contributed by atoms with Crippen LogP contribution in [-0.4, -0.2) is 32.6 Å². The molecule has 0 unspecified atom stereocenters. The maximum absolute atomic E-state index is 9.27. The molecule has 0 amide bonds. The molecule has 0 aliphatic carbocycles. The van der Waals surface area contributed by atoms with Crippen molar-refractivity contribution in [1.82, 2.24) is 4.90 Å².